The summed E-state index contributed by atoms with van der Waals surface area (Å²) in [5.41, 5.74) is 2.37. The van der Waals surface area contributed by atoms with Crippen molar-refractivity contribution in [3.05, 3.63) is 72.3 Å². The molecule has 0 aliphatic carbocycles. The van der Waals surface area contributed by atoms with E-state index in [-0.39, 0.29) is 11.9 Å². The maximum absolute atomic E-state index is 12.9. The van der Waals surface area contributed by atoms with Crippen molar-refractivity contribution >= 4 is 22.4 Å². The molecule has 0 bridgehead atoms. The predicted molar refractivity (Wildman–Crippen MR) is 132 cm³/mol. The molecule has 1 N–H and O–H groups in total. The van der Waals surface area contributed by atoms with E-state index in [0.717, 1.165) is 41.1 Å². The van der Waals surface area contributed by atoms with Gasteiger partial charge in [-0.2, -0.15) is 0 Å². The van der Waals surface area contributed by atoms with Crippen LogP contribution in [0, 0.1) is 5.92 Å². The molecule has 1 heterocycles. The Balaban J connectivity index is 1.36. The van der Waals surface area contributed by atoms with Crippen LogP contribution in [0.5, 0.6) is 5.75 Å². The Labute approximate surface area is 191 Å². The van der Waals surface area contributed by atoms with Crippen LogP contribution in [0.2, 0.25) is 0 Å². The molecule has 3 aromatic carbocycles. The summed E-state index contributed by atoms with van der Waals surface area (Å²) in [4.78, 5) is 15.4. The number of anilines is 1. The Morgan fingerprint density at radius 1 is 1.03 bits per heavy atom. The van der Waals surface area contributed by atoms with Crippen LogP contribution in [-0.2, 0) is 4.79 Å². The number of ether oxygens (including phenoxy) is 1. The highest BCUT2D eigenvalue weighted by molar-refractivity contribution is 5.84. The first-order valence-corrected chi connectivity index (χ1v) is 11.8. The Hall–Kier alpha value is -3.01. The van der Waals surface area contributed by atoms with E-state index < -0.39 is 6.10 Å². The average molecular weight is 431 g/mol. The third-order valence-corrected chi connectivity index (χ3v) is 6.56. The third-order valence-electron chi connectivity index (χ3n) is 6.56. The zero-order valence-electron chi connectivity index (χ0n) is 19.4. The summed E-state index contributed by atoms with van der Waals surface area (Å²) >= 11 is 0. The molecule has 1 amide bonds. The third kappa shape index (κ3) is 5.24. The van der Waals surface area contributed by atoms with Gasteiger partial charge in [0.1, 0.15) is 5.75 Å². The lowest BCUT2D eigenvalue weighted by Crippen LogP contribution is -2.39. The molecule has 2 atom stereocenters. The Morgan fingerprint density at radius 2 is 1.72 bits per heavy atom. The van der Waals surface area contributed by atoms with E-state index in [1.165, 1.54) is 18.5 Å². The standard InChI is InChI=1S/C28H34N2O2/c1-4-27(32-26-14-11-23-7-5-6-8-24(23)19-26)28(31)29-21(3)22-9-12-25(13-10-22)30-17-15-20(2)16-18-30/h5-14,19-21,27H,4,15-18H2,1-3H3,(H,29,31)/t21-,27-/m0/s1. The fourth-order valence-corrected chi connectivity index (χ4v) is 4.36. The van der Waals surface area contributed by atoms with E-state index in [4.69, 9.17) is 4.74 Å². The van der Waals surface area contributed by atoms with Gasteiger partial charge in [0.25, 0.3) is 5.91 Å². The number of hydrogen-bond donors (Lipinski definition) is 1. The summed E-state index contributed by atoms with van der Waals surface area (Å²) in [6, 6.07) is 22.6. The number of carbonyl (C=O) groups excluding carboxylic acids is 1. The summed E-state index contributed by atoms with van der Waals surface area (Å²) in [5, 5.41) is 5.40. The van der Waals surface area contributed by atoms with Crippen LogP contribution in [0.3, 0.4) is 0 Å². The van der Waals surface area contributed by atoms with Crippen molar-refractivity contribution in [1.29, 1.82) is 0 Å². The van der Waals surface area contributed by atoms with Gasteiger partial charge in [-0.05, 0) is 72.7 Å². The fourth-order valence-electron chi connectivity index (χ4n) is 4.36. The smallest absolute Gasteiger partial charge is 0.261 e. The van der Waals surface area contributed by atoms with Crippen molar-refractivity contribution in [2.75, 3.05) is 18.0 Å². The van der Waals surface area contributed by atoms with Gasteiger partial charge in [0.15, 0.2) is 6.10 Å². The molecular weight excluding hydrogens is 396 g/mol. The molecule has 1 aliphatic rings. The first kappa shape index (κ1) is 22.2. The van der Waals surface area contributed by atoms with Crippen LogP contribution in [0.15, 0.2) is 66.7 Å². The van der Waals surface area contributed by atoms with Gasteiger partial charge in [0.2, 0.25) is 0 Å². The zero-order chi connectivity index (χ0) is 22.5. The van der Waals surface area contributed by atoms with Crippen molar-refractivity contribution < 1.29 is 9.53 Å². The monoisotopic (exact) mass is 430 g/mol. The first-order valence-electron chi connectivity index (χ1n) is 11.8. The van der Waals surface area contributed by atoms with E-state index in [1.54, 1.807) is 0 Å². The molecule has 4 heteroatoms. The highest BCUT2D eigenvalue weighted by atomic mass is 16.5. The molecule has 0 saturated carbocycles. The fraction of sp³-hybridized carbons (Fsp3) is 0.393. The van der Waals surface area contributed by atoms with Crippen LogP contribution in [0.4, 0.5) is 5.69 Å². The number of amides is 1. The number of rotatable bonds is 7. The molecule has 1 saturated heterocycles. The van der Waals surface area contributed by atoms with Crippen molar-refractivity contribution in [1.82, 2.24) is 5.32 Å². The summed E-state index contributed by atoms with van der Waals surface area (Å²) in [6.45, 7) is 8.58. The van der Waals surface area contributed by atoms with Crippen molar-refractivity contribution in [2.45, 2.75) is 52.2 Å². The highest BCUT2D eigenvalue weighted by Crippen LogP contribution is 2.25. The molecule has 3 aromatic rings. The SMILES string of the molecule is CC[C@H](Oc1ccc2ccccc2c1)C(=O)N[C@@H](C)c1ccc(N2CCC(C)CC2)cc1. The summed E-state index contributed by atoms with van der Waals surface area (Å²) in [7, 11) is 0. The van der Waals surface area contributed by atoms with Gasteiger partial charge in [-0.1, -0.05) is 56.3 Å². The number of fused-ring (bicyclic) bond motifs is 1. The average Bonchev–Trinajstić information content (AvgIpc) is 2.83. The van der Waals surface area contributed by atoms with Gasteiger partial charge in [-0.3, -0.25) is 4.79 Å². The largest absolute Gasteiger partial charge is 0.481 e. The number of nitrogens with one attached hydrogen (secondary N) is 1. The van der Waals surface area contributed by atoms with Crippen molar-refractivity contribution in [2.24, 2.45) is 5.92 Å². The van der Waals surface area contributed by atoms with Crippen LogP contribution in [0.25, 0.3) is 10.8 Å². The lowest BCUT2D eigenvalue weighted by atomic mass is 9.98. The Kier molecular flexibility index (Phi) is 6.99. The quantitative estimate of drug-likeness (QED) is 0.492. The second kappa shape index (κ2) is 10.1. The molecular formula is C28H34N2O2. The number of nitrogens with zero attached hydrogens (tertiary/aromatic N) is 1. The molecule has 4 rings (SSSR count). The van der Waals surface area contributed by atoms with E-state index in [2.05, 4.69) is 53.5 Å². The van der Waals surface area contributed by atoms with Gasteiger partial charge < -0.3 is 15.0 Å². The molecule has 1 aliphatic heterocycles. The molecule has 0 unspecified atom stereocenters. The molecule has 168 valence electrons. The normalized spacial score (nSPS) is 16.5. The molecule has 4 nitrogen and oxygen atoms in total. The minimum Gasteiger partial charge on any atom is -0.481 e. The Morgan fingerprint density at radius 3 is 2.41 bits per heavy atom. The topological polar surface area (TPSA) is 41.6 Å². The number of hydrogen-bond acceptors (Lipinski definition) is 3. The summed E-state index contributed by atoms with van der Waals surface area (Å²) < 4.78 is 6.06. The minimum absolute atomic E-state index is 0.0767. The molecule has 32 heavy (non-hydrogen) atoms. The van der Waals surface area contributed by atoms with Gasteiger partial charge in [0, 0.05) is 18.8 Å². The zero-order valence-corrected chi connectivity index (χ0v) is 19.4. The minimum atomic E-state index is -0.520. The van der Waals surface area contributed by atoms with Gasteiger partial charge in [0.05, 0.1) is 6.04 Å². The second-order valence-corrected chi connectivity index (χ2v) is 9.02. The van der Waals surface area contributed by atoms with Crippen LogP contribution < -0.4 is 15.0 Å². The molecule has 0 spiro atoms. The van der Waals surface area contributed by atoms with Gasteiger partial charge in [-0.15, -0.1) is 0 Å². The van der Waals surface area contributed by atoms with E-state index in [0.29, 0.717) is 6.42 Å². The Bertz CT molecular complexity index is 1040. The van der Waals surface area contributed by atoms with E-state index in [1.807, 2.05) is 44.2 Å². The van der Waals surface area contributed by atoms with Gasteiger partial charge >= 0.3 is 0 Å². The predicted octanol–water partition coefficient (Wildman–Crippen LogP) is 6.11. The number of carbonyl (C=O) groups is 1. The van der Waals surface area contributed by atoms with Gasteiger partial charge in [-0.25, -0.2) is 0 Å². The summed E-state index contributed by atoms with van der Waals surface area (Å²) in [6.07, 6.45) is 2.60. The highest BCUT2D eigenvalue weighted by Gasteiger charge is 2.21. The maximum atomic E-state index is 12.9. The molecule has 0 aromatic heterocycles. The first-order chi connectivity index (χ1) is 15.5. The lowest BCUT2D eigenvalue weighted by molar-refractivity contribution is -0.128. The maximum Gasteiger partial charge on any atom is 0.261 e. The van der Waals surface area contributed by atoms with Crippen molar-refractivity contribution in [3.8, 4) is 5.75 Å². The number of piperidine rings is 1. The van der Waals surface area contributed by atoms with E-state index >= 15 is 0 Å². The summed E-state index contributed by atoms with van der Waals surface area (Å²) in [5.74, 6) is 1.46. The second-order valence-electron chi connectivity index (χ2n) is 9.02. The number of benzene rings is 3. The van der Waals surface area contributed by atoms with Crippen LogP contribution >= 0.6 is 0 Å². The van der Waals surface area contributed by atoms with E-state index in [9.17, 15) is 4.79 Å². The van der Waals surface area contributed by atoms with Crippen LogP contribution in [0.1, 0.15) is 51.6 Å². The van der Waals surface area contributed by atoms with Crippen LogP contribution in [-0.4, -0.2) is 25.1 Å². The lowest BCUT2D eigenvalue weighted by Gasteiger charge is -2.32. The molecule has 0 radical (unpaired) electrons. The van der Waals surface area contributed by atoms with Crippen molar-refractivity contribution in [3.63, 3.8) is 0 Å². The molecule has 1 fully saturated rings.